The van der Waals surface area contributed by atoms with Crippen LogP contribution in [-0.4, -0.2) is 30.4 Å². The van der Waals surface area contributed by atoms with Crippen molar-refractivity contribution in [3.8, 4) is 0 Å². The zero-order valence-corrected chi connectivity index (χ0v) is 16.1. The fourth-order valence-electron chi connectivity index (χ4n) is 1.75. The first-order chi connectivity index (χ1) is 10.7. The first-order valence-electron chi connectivity index (χ1n) is 6.88. The van der Waals surface area contributed by atoms with E-state index >= 15 is 0 Å². The van der Waals surface area contributed by atoms with Crippen molar-refractivity contribution in [2.24, 2.45) is 4.99 Å². The summed E-state index contributed by atoms with van der Waals surface area (Å²) in [6, 6.07) is 9.34. The van der Waals surface area contributed by atoms with E-state index in [0.29, 0.717) is 12.5 Å². The molecule has 2 rings (SSSR count). The van der Waals surface area contributed by atoms with Crippen LogP contribution in [0.4, 0.5) is 5.69 Å². The molecule has 1 aromatic heterocycles. The molecule has 0 saturated heterocycles. The number of para-hydroxylation sites is 1. The standard InChI is InChI=1S/C15H19N5OS.HI/c1-11-10-22-14(19-11)9-18-15(16-2)17-8-13(21)20-12-6-4-3-5-7-12;/h3-7,10H,8-9H2,1-2H3,(H,20,21)(H2,16,17,18);1H. The van der Waals surface area contributed by atoms with E-state index in [0.717, 1.165) is 16.4 Å². The van der Waals surface area contributed by atoms with Gasteiger partial charge < -0.3 is 16.0 Å². The maximum absolute atomic E-state index is 11.8. The number of carbonyl (C=O) groups is 1. The first-order valence-corrected chi connectivity index (χ1v) is 7.76. The molecular weight excluding hydrogens is 425 g/mol. The van der Waals surface area contributed by atoms with Gasteiger partial charge in [0.2, 0.25) is 5.91 Å². The highest BCUT2D eigenvalue weighted by Crippen LogP contribution is 2.07. The van der Waals surface area contributed by atoms with Gasteiger partial charge >= 0.3 is 0 Å². The fourth-order valence-corrected chi connectivity index (χ4v) is 2.47. The van der Waals surface area contributed by atoms with Crippen LogP contribution in [0, 0.1) is 6.92 Å². The van der Waals surface area contributed by atoms with Crippen LogP contribution in [0.15, 0.2) is 40.7 Å². The van der Waals surface area contributed by atoms with Gasteiger partial charge in [0.15, 0.2) is 5.96 Å². The molecule has 0 bridgehead atoms. The van der Waals surface area contributed by atoms with Crippen LogP contribution in [0.5, 0.6) is 0 Å². The van der Waals surface area contributed by atoms with Crippen molar-refractivity contribution in [2.45, 2.75) is 13.5 Å². The highest BCUT2D eigenvalue weighted by Gasteiger charge is 2.05. The lowest BCUT2D eigenvalue weighted by Gasteiger charge is -2.11. The Morgan fingerprint density at radius 1 is 1.26 bits per heavy atom. The quantitative estimate of drug-likeness (QED) is 0.375. The molecule has 2 aromatic rings. The number of aromatic nitrogens is 1. The van der Waals surface area contributed by atoms with E-state index in [2.05, 4.69) is 25.9 Å². The van der Waals surface area contributed by atoms with Crippen LogP contribution in [0.2, 0.25) is 0 Å². The van der Waals surface area contributed by atoms with E-state index < -0.39 is 0 Å². The Labute approximate surface area is 156 Å². The molecule has 6 nitrogen and oxygen atoms in total. The van der Waals surface area contributed by atoms with Gasteiger partial charge in [-0.3, -0.25) is 9.79 Å². The first kappa shape index (κ1) is 19.4. The van der Waals surface area contributed by atoms with E-state index in [4.69, 9.17) is 0 Å². The number of benzene rings is 1. The second-order valence-corrected chi connectivity index (χ2v) is 5.52. The van der Waals surface area contributed by atoms with Crippen LogP contribution in [0.25, 0.3) is 0 Å². The van der Waals surface area contributed by atoms with E-state index in [9.17, 15) is 4.79 Å². The largest absolute Gasteiger partial charge is 0.350 e. The highest BCUT2D eigenvalue weighted by molar-refractivity contribution is 14.0. The maximum Gasteiger partial charge on any atom is 0.243 e. The third-order valence-electron chi connectivity index (χ3n) is 2.77. The fraction of sp³-hybridized carbons (Fsp3) is 0.267. The van der Waals surface area contributed by atoms with Crippen molar-refractivity contribution in [3.63, 3.8) is 0 Å². The van der Waals surface area contributed by atoms with Gasteiger partial charge in [0, 0.05) is 23.8 Å². The molecule has 0 fully saturated rings. The molecule has 1 heterocycles. The summed E-state index contributed by atoms with van der Waals surface area (Å²) in [5, 5.41) is 11.9. The Morgan fingerprint density at radius 2 is 2.00 bits per heavy atom. The van der Waals surface area contributed by atoms with E-state index in [1.165, 1.54) is 0 Å². The van der Waals surface area contributed by atoms with Crippen LogP contribution in [-0.2, 0) is 11.3 Å². The number of hydrogen-bond donors (Lipinski definition) is 3. The molecule has 0 radical (unpaired) electrons. The lowest BCUT2D eigenvalue weighted by atomic mass is 10.3. The van der Waals surface area contributed by atoms with Crippen LogP contribution in [0.1, 0.15) is 10.7 Å². The topological polar surface area (TPSA) is 78.4 Å². The number of amides is 1. The Bertz CT molecular complexity index is 644. The number of halogens is 1. The summed E-state index contributed by atoms with van der Waals surface area (Å²) < 4.78 is 0. The molecule has 23 heavy (non-hydrogen) atoms. The zero-order chi connectivity index (χ0) is 15.8. The number of aliphatic imine (C=N–C) groups is 1. The number of rotatable bonds is 5. The molecule has 0 unspecified atom stereocenters. The minimum atomic E-state index is -0.126. The average molecular weight is 445 g/mol. The molecule has 0 aliphatic rings. The summed E-state index contributed by atoms with van der Waals surface area (Å²) in [6.07, 6.45) is 0. The van der Waals surface area contributed by atoms with Crippen molar-refractivity contribution < 1.29 is 4.79 Å². The Morgan fingerprint density at radius 3 is 2.61 bits per heavy atom. The number of guanidine groups is 1. The monoisotopic (exact) mass is 445 g/mol. The Kier molecular flexibility index (Phi) is 8.56. The third-order valence-corrected chi connectivity index (χ3v) is 3.74. The van der Waals surface area contributed by atoms with Crippen LogP contribution >= 0.6 is 35.3 Å². The van der Waals surface area contributed by atoms with Gasteiger partial charge in [-0.25, -0.2) is 4.98 Å². The number of thiazole rings is 1. The number of nitrogens with one attached hydrogen (secondary N) is 3. The number of aryl methyl sites for hydroxylation is 1. The van der Waals surface area contributed by atoms with Gasteiger partial charge in [0.05, 0.1) is 13.1 Å². The van der Waals surface area contributed by atoms with Gasteiger partial charge in [-0.1, -0.05) is 18.2 Å². The molecule has 0 spiro atoms. The third kappa shape index (κ3) is 6.95. The van der Waals surface area contributed by atoms with Gasteiger partial charge in [0.1, 0.15) is 5.01 Å². The molecule has 3 N–H and O–H groups in total. The Balaban J connectivity index is 0.00000264. The second-order valence-electron chi connectivity index (χ2n) is 4.58. The molecule has 8 heteroatoms. The molecule has 0 aliphatic carbocycles. The molecule has 0 aliphatic heterocycles. The van der Waals surface area contributed by atoms with Crippen molar-refractivity contribution in [3.05, 3.63) is 46.4 Å². The summed E-state index contributed by atoms with van der Waals surface area (Å²) in [5.41, 5.74) is 1.78. The predicted molar refractivity (Wildman–Crippen MR) is 106 cm³/mol. The molecule has 1 amide bonds. The average Bonchev–Trinajstić information content (AvgIpc) is 2.94. The molecule has 0 atom stereocenters. The van der Waals surface area contributed by atoms with E-state index in [1.807, 2.05) is 42.6 Å². The summed E-state index contributed by atoms with van der Waals surface area (Å²) in [7, 11) is 1.66. The molecule has 0 saturated carbocycles. The van der Waals surface area contributed by atoms with Crippen molar-refractivity contribution in [2.75, 3.05) is 18.9 Å². The number of nitrogens with zero attached hydrogens (tertiary/aromatic N) is 2. The summed E-state index contributed by atoms with van der Waals surface area (Å²) >= 11 is 1.59. The second kappa shape index (κ2) is 10.2. The highest BCUT2D eigenvalue weighted by atomic mass is 127. The van der Waals surface area contributed by atoms with Crippen LogP contribution < -0.4 is 16.0 Å². The van der Waals surface area contributed by atoms with Gasteiger partial charge in [-0.2, -0.15) is 0 Å². The molecular formula is C15H20IN5OS. The minimum Gasteiger partial charge on any atom is -0.350 e. The van der Waals surface area contributed by atoms with Crippen molar-refractivity contribution in [1.29, 1.82) is 0 Å². The van der Waals surface area contributed by atoms with Crippen molar-refractivity contribution >= 4 is 52.9 Å². The van der Waals surface area contributed by atoms with Crippen LogP contribution in [0.3, 0.4) is 0 Å². The van der Waals surface area contributed by atoms with Gasteiger partial charge in [0.25, 0.3) is 0 Å². The maximum atomic E-state index is 11.8. The predicted octanol–water partition coefficient (Wildman–Crippen LogP) is 2.37. The number of hydrogen-bond acceptors (Lipinski definition) is 4. The molecule has 124 valence electrons. The SMILES string of the molecule is CN=C(NCC(=O)Nc1ccccc1)NCc1nc(C)cs1.I. The number of carbonyl (C=O) groups excluding carboxylic acids is 1. The lowest BCUT2D eigenvalue weighted by Crippen LogP contribution is -2.41. The summed E-state index contributed by atoms with van der Waals surface area (Å²) in [6.45, 7) is 2.69. The number of anilines is 1. The van der Waals surface area contributed by atoms with E-state index in [-0.39, 0.29) is 36.4 Å². The van der Waals surface area contributed by atoms with Gasteiger partial charge in [-0.05, 0) is 19.1 Å². The normalized spacial score (nSPS) is 10.6. The minimum absolute atomic E-state index is 0. The van der Waals surface area contributed by atoms with Crippen molar-refractivity contribution in [1.82, 2.24) is 15.6 Å². The summed E-state index contributed by atoms with van der Waals surface area (Å²) in [5.74, 6) is 0.440. The molecule has 1 aromatic carbocycles. The lowest BCUT2D eigenvalue weighted by molar-refractivity contribution is -0.115. The van der Waals surface area contributed by atoms with E-state index in [1.54, 1.807) is 18.4 Å². The zero-order valence-electron chi connectivity index (χ0n) is 13.0. The Hall–Kier alpha value is -1.68. The smallest absolute Gasteiger partial charge is 0.243 e. The van der Waals surface area contributed by atoms with Gasteiger partial charge in [-0.15, -0.1) is 35.3 Å². The summed E-state index contributed by atoms with van der Waals surface area (Å²) in [4.78, 5) is 20.3.